The molecule has 1 heterocycles. The number of rotatable bonds is 9. The Kier molecular flexibility index (Phi) is 9.19. The molecule has 2 aromatic carbocycles. The van der Waals surface area contributed by atoms with Crippen molar-refractivity contribution in [2.75, 3.05) is 26.7 Å². The van der Waals surface area contributed by atoms with Crippen molar-refractivity contribution in [1.29, 1.82) is 0 Å². The lowest BCUT2D eigenvalue weighted by Crippen LogP contribution is -2.48. The van der Waals surface area contributed by atoms with Gasteiger partial charge in [-0.15, -0.1) is 0 Å². The Morgan fingerprint density at radius 1 is 0.967 bits per heavy atom. The van der Waals surface area contributed by atoms with Gasteiger partial charge in [-0.05, 0) is 42.5 Å². The Balaban J connectivity index is 1.37. The lowest BCUT2D eigenvalue weighted by molar-refractivity contribution is 0.107. The second-order valence-electron chi connectivity index (χ2n) is 7.98. The van der Waals surface area contributed by atoms with E-state index in [2.05, 4.69) is 63.8 Å². The van der Waals surface area contributed by atoms with E-state index in [0.717, 1.165) is 12.5 Å². The third kappa shape index (κ3) is 7.47. The lowest BCUT2D eigenvalue weighted by Gasteiger charge is -2.32. The zero-order valence-corrected chi connectivity index (χ0v) is 18.4. The van der Waals surface area contributed by atoms with Crippen molar-refractivity contribution >= 4 is 5.96 Å². The van der Waals surface area contributed by atoms with E-state index in [-0.39, 0.29) is 0 Å². The molecule has 5 nitrogen and oxygen atoms in total. The lowest BCUT2D eigenvalue weighted by atomic mass is 10.1. The zero-order valence-electron chi connectivity index (χ0n) is 18.4. The highest BCUT2D eigenvalue weighted by atomic mass is 16.5. The van der Waals surface area contributed by atoms with Crippen LogP contribution in [0.25, 0.3) is 0 Å². The first-order chi connectivity index (χ1) is 14.8. The molecule has 0 aliphatic carbocycles. The number of guanidine groups is 1. The van der Waals surface area contributed by atoms with E-state index in [9.17, 15) is 0 Å². The molecule has 1 aliphatic heterocycles. The molecule has 5 heteroatoms. The Morgan fingerprint density at radius 3 is 2.23 bits per heavy atom. The van der Waals surface area contributed by atoms with E-state index < -0.39 is 0 Å². The van der Waals surface area contributed by atoms with Gasteiger partial charge in [0.05, 0.1) is 13.2 Å². The Bertz CT molecular complexity index is 752. The van der Waals surface area contributed by atoms with Crippen molar-refractivity contribution in [2.45, 2.75) is 52.0 Å². The number of ether oxygens (including phenoxy) is 1. The molecular formula is C25H36N4O. The van der Waals surface area contributed by atoms with Crippen molar-refractivity contribution in [2.24, 2.45) is 4.99 Å². The monoisotopic (exact) mass is 408 g/mol. The molecule has 1 fully saturated rings. The van der Waals surface area contributed by atoms with Crippen molar-refractivity contribution in [1.82, 2.24) is 15.5 Å². The van der Waals surface area contributed by atoms with Gasteiger partial charge < -0.3 is 20.3 Å². The van der Waals surface area contributed by atoms with Gasteiger partial charge in [-0.2, -0.15) is 0 Å². The van der Waals surface area contributed by atoms with E-state index in [1.54, 1.807) is 0 Å². The smallest absolute Gasteiger partial charge is 0.191 e. The molecule has 3 rings (SSSR count). The molecule has 0 amide bonds. The molecule has 0 unspecified atom stereocenters. The van der Waals surface area contributed by atoms with Crippen LogP contribution >= 0.6 is 0 Å². The van der Waals surface area contributed by atoms with Crippen LogP contribution in [0.2, 0.25) is 0 Å². The van der Waals surface area contributed by atoms with Gasteiger partial charge in [0, 0.05) is 32.7 Å². The third-order valence-corrected chi connectivity index (χ3v) is 5.56. The van der Waals surface area contributed by atoms with Crippen molar-refractivity contribution < 1.29 is 4.74 Å². The minimum Gasteiger partial charge on any atom is -0.372 e. The van der Waals surface area contributed by atoms with E-state index in [4.69, 9.17) is 4.74 Å². The quantitative estimate of drug-likeness (QED) is 0.487. The number of nitrogens with one attached hydrogen (secondary N) is 2. The molecular weight excluding hydrogens is 372 g/mol. The van der Waals surface area contributed by atoms with Gasteiger partial charge in [-0.3, -0.25) is 4.99 Å². The van der Waals surface area contributed by atoms with Gasteiger partial charge in [0.15, 0.2) is 5.96 Å². The van der Waals surface area contributed by atoms with Gasteiger partial charge in [-0.1, -0.05) is 61.5 Å². The van der Waals surface area contributed by atoms with Crippen LogP contribution in [0.4, 0.5) is 0 Å². The molecule has 30 heavy (non-hydrogen) atoms. The van der Waals surface area contributed by atoms with Crippen LogP contribution in [0.3, 0.4) is 0 Å². The summed E-state index contributed by atoms with van der Waals surface area (Å²) in [6.45, 7) is 7.85. The minimum atomic E-state index is 0.508. The summed E-state index contributed by atoms with van der Waals surface area (Å²) in [6.07, 6.45) is 3.59. The Morgan fingerprint density at radius 2 is 1.60 bits per heavy atom. The summed E-state index contributed by atoms with van der Waals surface area (Å²) in [4.78, 5) is 6.96. The summed E-state index contributed by atoms with van der Waals surface area (Å²) in [5.74, 6) is 0.888. The van der Waals surface area contributed by atoms with Crippen LogP contribution in [-0.4, -0.2) is 43.6 Å². The summed E-state index contributed by atoms with van der Waals surface area (Å²) in [5.41, 5.74) is 3.63. The van der Waals surface area contributed by atoms with Crippen LogP contribution in [-0.2, 0) is 24.5 Å². The molecule has 1 aliphatic rings. The topological polar surface area (TPSA) is 48.9 Å². The van der Waals surface area contributed by atoms with Crippen LogP contribution in [0.1, 0.15) is 42.9 Å². The highest BCUT2D eigenvalue weighted by Crippen LogP contribution is 2.11. The number of benzene rings is 2. The van der Waals surface area contributed by atoms with Gasteiger partial charge in [0.2, 0.25) is 0 Å². The molecule has 0 aromatic heterocycles. The van der Waals surface area contributed by atoms with E-state index in [1.165, 1.54) is 55.6 Å². The number of nitrogens with zero attached hydrogens (tertiary/aromatic N) is 2. The van der Waals surface area contributed by atoms with E-state index in [0.29, 0.717) is 19.3 Å². The summed E-state index contributed by atoms with van der Waals surface area (Å²) >= 11 is 0. The SMILES string of the molecule is CCCN1CCC(NC(=NC)NCc2ccc(COCc3ccccc3)cc2)CC1. The van der Waals surface area contributed by atoms with Gasteiger partial charge in [0.25, 0.3) is 0 Å². The fraction of sp³-hybridized carbons (Fsp3) is 0.480. The average molecular weight is 409 g/mol. The van der Waals surface area contributed by atoms with Crippen LogP contribution < -0.4 is 10.6 Å². The first kappa shape index (κ1) is 22.3. The highest BCUT2D eigenvalue weighted by Gasteiger charge is 2.19. The van der Waals surface area contributed by atoms with E-state index >= 15 is 0 Å². The van der Waals surface area contributed by atoms with Crippen molar-refractivity contribution in [3.8, 4) is 0 Å². The van der Waals surface area contributed by atoms with Crippen LogP contribution in [0, 0.1) is 0 Å². The number of hydrogen-bond acceptors (Lipinski definition) is 3. The van der Waals surface area contributed by atoms with Crippen LogP contribution in [0.5, 0.6) is 0 Å². The molecule has 0 saturated carbocycles. The molecule has 162 valence electrons. The predicted octanol–water partition coefficient (Wildman–Crippen LogP) is 3.94. The second kappa shape index (κ2) is 12.4. The van der Waals surface area contributed by atoms with Gasteiger partial charge in [-0.25, -0.2) is 0 Å². The maximum absolute atomic E-state index is 5.82. The second-order valence-corrected chi connectivity index (χ2v) is 7.98. The fourth-order valence-electron chi connectivity index (χ4n) is 3.81. The van der Waals surface area contributed by atoms with Crippen LogP contribution in [0.15, 0.2) is 59.6 Å². The Labute approximate surface area is 181 Å². The first-order valence-corrected chi connectivity index (χ1v) is 11.2. The zero-order chi connectivity index (χ0) is 21.0. The molecule has 2 aromatic rings. The normalized spacial score (nSPS) is 15.9. The summed E-state index contributed by atoms with van der Waals surface area (Å²) in [5, 5.41) is 7.03. The maximum atomic E-state index is 5.82. The predicted molar refractivity (Wildman–Crippen MR) is 124 cm³/mol. The fourth-order valence-corrected chi connectivity index (χ4v) is 3.81. The maximum Gasteiger partial charge on any atom is 0.191 e. The summed E-state index contributed by atoms with van der Waals surface area (Å²) in [7, 11) is 1.84. The number of hydrogen-bond donors (Lipinski definition) is 2. The molecule has 2 N–H and O–H groups in total. The van der Waals surface area contributed by atoms with Crippen molar-refractivity contribution in [3.05, 3.63) is 71.3 Å². The number of likely N-dealkylation sites (tertiary alicyclic amines) is 1. The standard InChI is InChI=1S/C25H36N4O/c1-3-15-29-16-13-24(14-17-29)28-25(26-2)27-18-21-9-11-23(12-10-21)20-30-19-22-7-5-4-6-8-22/h4-12,24H,3,13-20H2,1-2H3,(H2,26,27,28). The number of aliphatic imine (C=N–C) groups is 1. The molecule has 0 radical (unpaired) electrons. The highest BCUT2D eigenvalue weighted by molar-refractivity contribution is 5.79. The first-order valence-electron chi connectivity index (χ1n) is 11.2. The van der Waals surface area contributed by atoms with Gasteiger partial charge >= 0.3 is 0 Å². The Hall–Kier alpha value is -2.37. The third-order valence-electron chi connectivity index (χ3n) is 5.56. The number of piperidine rings is 1. The molecule has 0 bridgehead atoms. The molecule has 1 saturated heterocycles. The van der Waals surface area contributed by atoms with Gasteiger partial charge in [0.1, 0.15) is 0 Å². The average Bonchev–Trinajstić information content (AvgIpc) is 2.79. The van der Waals surface area contributed by atoms with E-state index in [1.807, 2.05) is 25.2 Å². The summed E-state index contributed by atoms with van der Waals surface area (Å²) in [6, 6.07) is 19.4. The summed E-state index contributed by atoms with van der Waals surface area (Å²) < 4.78 is 5.82. The molecule has 0 atom stereocenters. The van der Waals surface area contributed by atoms with Crippen molar-refractivity contribution in [3.63, 3.8) is 0 Å². The minimum absolute atomic E-state index is 0.508. The molecule has 0 spiro atoms. The largest absolute Gasteiger partial charge is 0.372 e.